The highest BCUT2D eigenvalue weighted by Gasteiger charge is 2.03. The molecule has 0 fully saturated rings. The SMILES string of the molecule is NC(=O)C(O)/C=C/C=C/c1ccccc1. The molecular formula is C12H13NO2. The minimum atomic E-state index is -1.22. The molecule has 0 saturated heterocycles. The molecule has 3 heteroatoms. The summed E-state index contributed by atoms with van der Waals surface area (Å²) in [6.07, 6.45) is 5.31. The zero-order valence-corrected chi connectivity index (χ0v) is 8.21. The van der Waals surface area contributed by atoms with Crippen molar-refractivity contribution in [1.29, 1.82) is 0 Å². The number of rotatable bonds is 4. The van der Waals surface area contributed by atoms with Crippen LogP contribution in [0.2, 0.25) is 0 Å². The van der Waals surface area contributed by atoms with E-state index in [-0.39, 0.29) is 0 Å². The van der Waals surface area contributed by atoms with Gasteiger partial charge in [-0.2, -0.15) is 0 Å². The molecule has 3 N–H and O–H groups in total. The molecule has 0 aliphatic heterocycles. The van der Waals surface area contributed by atoms with E-state index in [9.17, 15) is 4.79 Å². The van der Waals surface area contributed by atoms with Crippen LogP contribution in [0.15, 0.2) is 48.6 Å². The summed E-state index contributed by atoms with van der Waals surface area (Å²) in [4.78, 5) is 10.5. The van der Waals surface area contributed by atoms with E-state index in [1.54, 1.807) is 12.2 Å². The minimum Gasteiger partial charge on any atom is -0.379 e. The number of carbonyl (C=O) groups excluding carboxylic acids is 1. The molecular weight excluding hydrogens is 190 g/mol. The Morgan fingerprint density at radius 1 is 1.27 bits per heavy atom. The number of carbonyl (C=O) groups is 1. The maximum absolute atomic E-state index is 10.5. The van der Waals surface area contributed by atoms with E-state index in [1.807, 2.05) is 36.4 Å². The first-order valence-electron chi connectivity index (χ1n) is 4.57. The fourth-order valence-electron chi connectivity index (χ4n) is 0.995. The molecule has 1 rings (SSSR count). The van der Waals surface area contributed by atoms with Gasteiger partial charge in [0.15, 0.2) is 6.10 Å². The van der Waals surface area contributed by atoms with Crippen LogP contribution in [0.4, 0.5) is 0 Å². The van der Waals surface area contributed by atoms with E-state index in [0.717, 1.165) is 5.56 Å². The highest BCUT2D eigenvalue weighted by atomic mass is 16.3. The Labute approximate surface area is 88.5 Å². The van der Waals surface area contributed by atoms with Gasteiger partial charge in [0.05, 0.1) is 0 Å². The van der Waals surface area contributed by atoms with Crippen LogP contribution >= 0.6 is 0 Å². The average molecular weight is 203 g/mol. The van der Waals surface area contributed by atoms with E-state index >= 15 is 0 Å². The van der Waals surface area contributed by atoms with E-state index < -0.39 is 12.0 Å². The van der Waals surface area contributed by atoms with Gasteiger partial charge in [-0.1, -0.05) is 48.6 Å². The van der Waals surface area contributed by atoms with Gasteiger partial charge in [0.1, 0.15) is 0 Å². The number of benzene rings is 1. The second-order valence-corrected chi connectivity index (χ2v) is 3.00. The third-order valence-electron chi connectivity index (χ3n) is 1.78. The van der Waals surface area contributed by atoms with Gasteiger partial charge in [-0.15, -0.1) is 0 Å². The van der Waals surface area contributed by atoms with Crippen LogP contribution in [0.5, 0.6) is 0 Å². The van der Waals surface area contributed by atoms with Crippen molar-refractivity contribution in [3.63, 3.8) is 0 Å². The van der Waals surface area contributed by atoms with Crippen LogP contribution in [0.3, 0.4) is 0 Å². The smallest absolute Gasteiger partial charge is 0.250 e. The zero-order valence-electron chi connectivity index (χ0n) is 8.21. The summed E-state index contributed by atoms with van der Waals surface area (Å²) in [6, 6.07) is 9.71. The molecule has 1 aromatic carbocycles. The number of aliphatic hydroxyl groups excluding tert-OH is 1. The molecule has 1 aromatic rings. The van der Waals surface area contributed by atoms with Crippen LogP contribution < -0.4 is 5.73 Å². The molecule has 0 bridgehead atoms. The molecule has 3 nitrogen and oxygen atoms in total. The number of nitrogens with two attached hydrogens (primary N) is 1. The molecule has 0 aliphatic rings. The summed E-state index contributed by atoms with van der Waals surface area (Å²) >= 11 is 0. The van der Waals surface area contributed by atoms with E-state index in [0.29, 0.717) is 0 Å². The van der Waals surface area contributed by atoms with E-state index in [2.05, 4.69) is 0 Å². The van der Waals surface area contributed by atoms with Crippen LogP contribution in [0.25, 0.3) is 6.08 Å². The van der Waals surface area contributed by atoms with Crippen LogP contribution in [-0.4, -0.2) is 17.1 Å². The summed E-state index contributed by atoms with van der Waals surface area (Å²) in [7, 11) is 0. The largest absolute Gasteiger partial charge is 0.379 e. The fourth-order valence-corrected chi connectivity index (χ4v) is 0.995. The van der Waals surface area contributed by atoms with Gasteiger partial charge in [-0.3, -0.25) is 4.79 Å². The Hall–Kier alpha value is -1.87. The van der Waals surface area contributed by atoms with Crippen LogP contribution in [-0.2, 0) is 4.79 Å². The number of hydrogen-bond donors (Lipinski definition) is 2. The van der Waals surface area contributed by atoms with Crippen molar-refractivity contribution in [3.8, 4) is 0 Å². The molecule has 1 amide bonds. The summed E-state index contributed by atoms with van der Waals surface area (Å²) in [5.74, 6) is -0.751. The summed E-state index contributed by atoms with van der Waals surface area (Å²) in [5.41, 5.74) is 5.92. The molecule has 0 heterocycles. The van der Waals surface area contributed by atoms with Crippen molar-refractivity contribution in [3.05, 3.63) is 54.1 Å². The van der Waals surface area contributed by atoms with Gasteiger partial charge in [0.2, 0.25) is 5.91 Å². The maximum Gasteiger partial charge on any atom is 0.250 e. The molecule has 0 radical (unpaired) electrons. The third kappa shape index (κ3) is 4.24. The zero-order chi connectivity index (χ0) is 11.1. The van der Waals surface area contributed by atoms with Gasteiger partial charge >= 0.3 is 0 Å². The molecule has 1 atom stereocenters. The lowest BCUT2D eigenvalue weighted by Gasteiger charge is -1.95. The quantitative estimate of drug-likeness (QED) is 0.720. The van der Waals surface area contributed by atoms with Crippen molar-refractivity contribution in [2.45, 2.75) is 6.10 Å². The van der Waals surface area contributed by atoms with Crippen molar-refractivity contribution in [1.82, 2.24) is 0 Å². The maximum atomic E-state index is 10.5. The van der Waals surface area contributed by atoms with Crippen molar-refractivity contribution >= 4 is 12.0 Å². The lowest BCUT2D eigenvalue weighted by molar-refractivity contribution is -0.123. The van der Waals surface area contributed by atoms with Gasteiger partial charge in [0, 0.05) is 0 Å². The van der Waals surface area contributed by atoms with Gasteiger partial charge in [-0.25, -0.2) is 0 Å². The first-order valence-corrected chi connectivity index (χ1v) is 4.57. The van der Waals surface area contributed by atoms with E-state index in [4.69, 9.17) is 10.8 Å². The first kappa shape index (κ1) is 11.2. The molecule has 0 aromatic heterocycles. The second-order valence-electron chi connectivity index (χ2n) is 3.00. The lowest BCUT2D eigenvalue weighted by Crippen LogP contribution is -2.25. The third-order valence-corrected chi connectivity index (χ3v) is 1.78. The standard InChI is InChI=1S/C12H13NO2/c13-12(15)11(14)9-5-4-8-10-6-2-1-3-7-10/h1-9,11,14H,(H2,13,15)/b8-4+,9-5+. The fraction of sp³-hybridized carbons (Fsp3) is 0.0833. The Morgan fingerprint density at radius 2 is 1.93 bits per heavy atom. The molecule has 1 unspecified atom stereocenters. The Balaban J connectivity index is 2.50. The summed E-state index contributed by atoms with van der Waals surface area (Å²) < 4.78 is 0. The van der Waals surface area contributed by atoms with Gasteiger partial charge in [-0.05, 0) is 11.6 Å². The van der Waals surface area contributed by atoms with Gasteiger partial charge in [0.25, 0.3) is 0 Å². The molecule has 0 saturated carbocycles. The topological polar surface area (TPSA) is 63.3 Å². The Bertz CT molecular complexity index is 368. The number of primary amides is 1. The second kappa shape index (κ2) is 5.78. The number of amides is 1. The number of allylic oxidation sites excluding steroid dienone is 2. The number of aliphatic hydroxyl groups is 1. The summed E-state index contributed by atoms with van der Waals surface area (Å²) in [5, 5.41) is 9.03. The highest BCUT2D eigenvalue weighted by Crippen LogP contribution is 2.00. The predicted octanol–water partition coefficient (Wildman–Crippen LogP) is 1.10. The molecule has 0 spiro atoms. The van der Waals surface area contributed by atoms with Gasteiger partial charge < -0.3 is 10.8 Å². The minimum absolute atomic E-state index is 0.751. The Morgan fingerprint density at radius 3 is 2.53 bits per heavy atom. The van der Waals surface area contributed by atoms with Crippen molar-refractivity contribution < 1.29 is 9.90 Å². The normalized spacial score (nSPS) is 13.4. The molecule has 15 heavy (non-hydrogen) atoms. The van der Waals surface area contributed by atoms with Crippen molar-refractivity contribution in [2.24, 2.45) is 5.73 Å². The monoisotopic (exact) mass is 203 g/mol. The number of hydrogen-bond acceptors (Lipinski definition) is 2. The van der Waals surface area contributed by atoms with Crippen LogP contribution in [0.1, 0.15) is 5.56 Å². The van der Waals surface area contributed by atoms with E-state index in [1.165, 1.54) is 6.08 Å². The first-order chi connectivity index (χ1) is 7.20. The average Bonchev–Trinajstić information content (AvgIpc) is 2.25. The lowest BCUT2D eigenvalue weighted by atomic mass is 10.2. The summed E-state index contributed by atoms with van der Waals surface area (Å²) in [6.45, 7) is 0. The molecule has 78 valence electrons. The highest BCUT2D eigenvalue weighted by molar-refractivity contribution is 5.80. The Kier molecular flexibility index (Phi) is 4.31. The molecule has 0 aliphatic carbocycles. The van der Waals surface area contributed by atoms with Crippen LogP contribution in [0, 0.1) is 0 Å². The van der Waals surface area contributed by atoms with Crippen molar-refractivity contribution in [2.75, 3.05) is 0 Å². The predicted molar refractivity (Wildman–Crippen MR) is 59.8 cm³/mol.